The van der Waals surface area contributed by atoms with Crippen molar-refractivity contribution in [1.29, 1.82) is 0 Å². The van der Waals surface area contributed by atoms with Crippen molar-refractivity contribution >= 4 is 10.0 Å². The molecule has 1 saturated carbocycles. The first-order valence-electron chi connectivity index (χ1n) is 7.28. The SMILES string of the molecule is CC1(C)CCC(NS(=O)(=O)c2ccc(OCCN)cc2)C1. The second-order valence-corrected chi connectivity index (χ2v) is 8.05. The molecule has 0 radical (unpaired) electrons. The van der Waals surface area contributed by atoms with Crippen molar-refractivity contribution in [3.8, 4) is 5.75 Å². The second kappa shape index (κ2) is 6.34. The van der Waals surface area contributed by atoms with E-state index in [1.807, 2.05) is 0 Å². The Hall–Kier alpha value is -1.11. The van der Waals surface area contributed by atoms with Crippen LogP contribution in [0.25, 0.3) is 0 Å². The lowest BCUT2D eigenvalue weighted by Gasteiger charge is -2.18. The molecule has 0 spiro atoms. The zero-order chi connectivity index (χ0) is 15.5. The van der Waals surface area contributed by atoms with Gasteiger partial charge in [0.2, 0.25) is 10.0 Å². The van der Waals surface area contributed by atoms with E-state index in [4.69, 9.17) is 10.5 Å². The van der Waals surface area contributed by atoms with Crippen LogP contribution >= 0.6 is 0 Å². The number of benzene rings is 1. The van der Waals surface area contributed by atoms with E-state index in [2.05, 4.69) is 18.6 Å². The summed E-state index contributed by atoms with van der Waals surface area (Å²) in [4.78, 5) is 0.271. The lowest BCUT2D eigenvalue weighted by molar-refractivity contribution is 0.328. The smallest absolute Gasteiger partial charge is 0.240 e. The van der Waals surface area contributed by atoms with Gasteiger partial charge in [-0.05, 0) is 48.9 Å². The number of rotatable bonds is 6. The first kappa shape index (κ1) is 16.3. The summed E-state index contributed by atoms with van der Waals surface area (Å²) in [6, 6.07) is 6.46. The number of sulfonamides is 1. The van der Waals surface area contributed by atoms with Crippen LogP contribution in [0.1, 0.15) is 33.1 Å². The highest BCUT2D eigenvalue weighted by Gasteiger charge is 2.33. The Balaban J connectivity index is 2.02. The lowest BCUT2D eigenvalue weighted by Crippen LogP contribution is -2.33. The summed E-state index contributed by atoms with van der Waals surface area (Å²) in [5.74, 6) is 0.626. The molecule has 2 rings (SSSR count). The molecule has 0 aliphatic heterocycles. The third-order valence-electron chi connectivity index (χ3n) is 3.81. The minimum Gasteiger partial charge on any atom is -0.492 e. The third kappa shape index (κ3) is 4.43. The zero-order valence-electron chi connectivity index (χ0n) is 12.6. The van der Waals surface area contributed by atoms with Crippen molar-refractivity contribution in [2.45, 2.75) is 44.0 Å². The minimum absolute atomic E-state index is 0.0261. The van der Waals surface area contributed by atoms with Gasteiger partial charge in [-0.1, -0.05) is 13.8 Å². The largest absolute Gasteiger partial charge is 0.492 e. The predicted molar refractivity (Wildman–Crippen MR) is 82.7 cm³/mol. The standard InChI is InChI=1S/C15H24N2O3S/c1-15(2)8-7-12(11-15)17-21(18,19)14-5-3-13(4-6-14)20-10-9-16/h3-6,12,17H,7-11,16H2,1-2H3. The molecule has 6 heteroatoms. The highest BCUT2D eigenvalue weighted by atomic mass is 32.2. The monoisotopic (exact) mass is 312 g/mol. The van der Waals surface area contributed by atoms with E-state index in [1.165, 1.54) is 0 Å². The van der Waals surface area contributed by atoms with Crippen LogP contribution in [0.3, 0.4) is 0 Å². The molecule has 0 saturated heterocycles. The molecule has 3 N–H and O–H groups in total. The molecule has 1 fully saturated rings. The topological polar surface area (TPSA) is 81.4 Å². The fourth-order valence-electron chi connectivity index (χ4n) is 2.72. The van der Waals surface area contributed by atoms with E-state index in [0.29, 0.717) is 18.9 Å². The first-order valence-corrected chi connectivity index (χ1v) is 8.76. The van der Waals surface area contributed by atoms with Crippen LogP contribution in [0.2, 0.25) is 0 Å². The van der Waals surface area contributed by atoms with E-state index in [0.717, 1.165) is 19.3 Å². The van der Waals surface area contributed by atoms with Gasteiger partial charge in [-0.15, -0.1) is 0 Å². The second-order valence-electron chi connectivity index (χ2n) is 6.33. The zero-order valence-corrected chi connectivity index (χ0v) is 13.4. The Bertz CT molecular complexity index is 567. The van der Waals surface area contributed by atoms with E-state index < -0.39 is 10.0 Å². The highest BCUT2D eigenvalue weighted by molar-refractivity contribution is 7.89. The molecule has 1 aliphatic carbocycles. The molecule has 0 aromatic heterocycles. The van der Waals surface area contributed by atoms with Gasteiger partial charge in [-0.3, -0.25) is 0 Å². The molecule has 0 amide bonds. The van der Waals surface area contributed by atoms with Gasteiger partial charge < -0.3 is 10.5 Å². The number of hydrogen-bond donors (Lipinski definition) is 2. The van der Waals surface area contributed by atoms with Crippen LogP contribution in [0.4, 0.5) is 0 Å². The van der Waals surface area contributed by atoms with Gasteiger partial charge in [0, 0.05) is 12.6 Å². The first-order chi connectivity index (χ1) is 9.82. The summed E-state index contributed by atoms with van der Waals surface area (Å²) < 4.78 is 32.8. The molecule has 5 nitrogen and oxygen atoms in total. The molecule has 1 aromatic rings. The lowest BCUT2D eigenvalue weighted by atomic mass is 9.92. The number of nitrogens with one attached hydrogen (secondary N) is 1. The van der Waals surface area contributed by atoms with Crippen LogP contribution in [0.5, 0.6) is 5.75 Å². The summed E-state index contributed by atoms with van der Waals surface area (Å²) in [5, 5.41) is 0. The van der Waals surface area contributed by atoms with Crippen molar-refractivity contribution in [2.24, 2.45) is 11.1 Å². The van der Waals surface area contributed by atoms with Gasteiger partial charge in [-0.2, -0.15) is 0 Å². The van der Waals surface area contributed by atoms with Gasteiger partial charge in [-0.25, -0.2) is 13.1 Å². The summed E-state index contributed by atoms with van der Waals surface area (Å²) >= 11 is 0. The fourth-order valence-corrected chi connectivity index (χ4v) is 3.99. The van der Waals surface area contributed by atoms with Crippen molar-refractivity contribution in [3.05, 3.63) is 24.3 Å². The Morgan fingerprint density at radius 2 is 2.00 bits per heavy atom. The average molecular weight is 312 g/mol. The maximum absolute atomic E-state index is 12.4. The van der Waals surface area contributed by atoms with Crippen molar-refractivity contribution in [3.63, 3.8) is 0 Å². The molecular weight excluding hydrogens is 288 g/mol. The van der Waals surface area contributed by atoms with Gasteiger partial charge in [0.25, 0.3) is 0 Å². The molecule has 1 atom stereocenters. The van der Waals surface area contributed by atoms with E-state index in [9.17, 15) is 8.42 Å². The Labute approximate surface area is 126 Å². The summed E-state index contributed by atoms with van der Waals surface area (Å²) in [5.41, 5.74) is 5.57. The highest BCUT2D eigenvalue weighted by Crippen LogP contribution is 2.37. The molecule has 0 bridgehead atoms. The normalized spacial score (nSPS) is 21.4. The number of ether oxygens (including phenoxy) is 1. The van der Waals surface area contributed by atoms with Crippen LogP contribution in [-0.4, -0.2) is 27.6 Å². The average Bonchev–Trinajstić information content (AvgIpc) is 2.75. The maximum Gasteiger partial charge on any atom is 0.240 e. The number of hydrogen-bond acceptors (Lipinski definition) is 4. The fraction of sp³-hybridized carbons (Fsp3) is 0.600. The van der Waals surface area contributed by atoms with Crippen molar-refractivity contribution < 1.29 is 13.2 Å². The Morgan fingerprint density at radius 3 is 2.52 bits per heavy atom. The predicted octanol–water partition coefficient (Wildman–Crippen LogP) is 1.88. The van der Waals surface area contributed by atoms with Gasteiger partial charge >= 0.3 is 0 Å². The maximum atomic E-state index is 12.4. The van der Waals surface area contributed by atoms with Gasteiger partial charge in [0.05, 0.1) is 4.90 Å². The molecule has 0 heterocycles. The van der Waals surface area contributed by atoms with Gasteiger partial charge in [0.15, 0.2) is 0 Å². The van der Waals surface area contributed by atoms with Crippen molar-refractivity contribution in [1.82, 2.24) is 4.72 Å². The summed E-state index contributed by atoms with van der Waals surface area (Å²) in [6.07, 6.45) is 2.82. The summed E-state index contributed by atoms with van der Waals surface area (Å²) in [7, 11) is -3.46. The van der Waals surface area contributed by atoms with Crippen LogP contribution in [-0.2, 0) is 10.0 Å². The summed E-state index contributed by atoms with van der Waals surface area (Å²) in [6.45, 7) is 5.19. The van der Waals surface area contributed by atoms with Crippen LogP contribution in [0.15, 0.2) is 29.2 Å². The van der Waals surface area contributed by atoms with Crippen LogP contribution < -0.4 is 15.2 Å². The van der Waals surface area contributed by atoms with Crippen LogP contribution in [0, 0.1) is 5.41 Å². The minimum atomic E-state index is -3.46. The van der Waals surface area contributed by atoms with E-state index in [1.54, 1.807) is 24.3 Å². The molecular formula is C15H24N2O3S. The quantitative estimate of drug-likeness (QED) is 0.840. The van der Waals surface area contributed by atoms with E-state index >= 15 is 0 Å². The Kier molecular flexibility index (Phi) is 4.91. The molecule has 21 heavy (non-hydrogen) atoms. The van der Waals surface area contributed by atoms with Crippen molar-refractivity contribution in [2.75, 3.05) is 13.2 Å². The molecule has 118 valence electrons. The Morgan fingerprint density at radius 1 is 1.33 bits per heavy atom. The third-order valence-corrected chi connectivity index (χ3v) is 5.35. The van der Waals surface area contributed by atoms with E-state index in [-0.39, 0.29) is 16.4 Å². The van der Waals surface area contributed by atoms with Gasteiger partial charge in [0.1, 0.15) is 12.4 Å². The molecule has 1 aliphatic rings. The molecule has 1 aromatic carbocycles. The molecule has 1 unspecified atom stereocenters. The number of nitrogens with two attached hydrogens (primary N) is 1.